The lowest BCUT2D eigenvalue weighted by Gasteiger charge is -2.09. The SMILES string of the molecule is CCC(F)(F)CC(C)=O. The van der Waals surface area contributed by atoms with Gasteiger partial charge < -0.3 is 0 Å². The molecule has 0 radical (unpaired) electrons. The molecule has 0 heterocycles. The first-order valence-electron chi connectivity index (χ1n) is 2.85. The summed E-state index contributed by atoms with van der Waals surface area (Å²) in [6.07, 6.45) is -0.879. The number of ketones is 1. The minimum atomic E-state index is -2.79. The average Bonchev–Trinajstić information content (AvgIpc) is 1.63. The van der Waals surface area contributed by atoms with Gasteiger partial charge in [0.05, 0.1) is 6.42 Å². The monoisotopic (exact) mass is 136 g/mol. The van der Waals surface area contributed by atoms with E-state index in [1.54, 1.807) is 0 Å². The number of hydrogen-bond acceptors (Lipinski definition) is 1. The van der Waals surface area contributed by atoms with Gasteiger partial charge in [-0.25, -0.2) is 8.78 Å². The Morgan fingerprint density at radius 2 is 2.00 bits per heavy atom. The molecule has 0 aromatic rings. The Balaban J connectivity index is 3.71. The van der Waals surface area contributed by atoms with Crippen molar-refractivity contribution in [2.24, 2.45) is 0 Å². The van der Waals surface area contributed by atoms with Crippen LogP contribution in [0, 0.1) is 0 Å². The van der Waals surface area contributed by atoms with Gasteiger partial charge in [-0.15, -0.1) is 0 Å². The Labute approximate surface area is 53.1 Å². The lowest BCUT2D eigenvalue weighted by molar-refractivity contribution is -0.124. The molecule has 0 N–H and O–H groups in total. The van der Waals surface area contributed by atoms with Crippen LogP contribution in [-0.4, -0.2) is 11.7 Å². The van der Waals surface area contributed by atoms with Gasteiger partial charge in [-0.05, 0) is 6.92 Å². The molecule has 0 spiro atoms. The fraction of sp³-hybridized carbons (Fsp3) is 0.833. The Morgan fingerprint density at radius 1 is 1.56 bits per heavy atom. The minimum Gasteiger partial charge on any atom is -0.300 e. The summed E-state index contributed by atoms with van der Waals surface area (Å²) in [7, 11) is 0. The second-order valence-electron chi connectivity index (χ2n) is 2.09. The molecule has 9 heavy (non-hydrogen) atoms. The molecule has 54 valence electrons. The summed E-state index contributed by atoms with van der Waals surface area (Å²) in [5.74, 6) is -3.24. The van der Waals surface area contributed by atoms with Crippen LogP contribution in [0.25, 0.3) is 0 Å². The van der Waals surface area contributed by atoms with E-state index in [-0.39, 0.29) is 6.42 Å². The molecule has 0 saturated carbocycles. The van der Waals surface area contributed by atoms with Gasteiger partial charge in [-0.3, -0.25) is 4.79 Å². The van der Waals surface area contributed by atoms with Gasteiger partial charge >= 0.3 is 0 Å². The summed E-state index contributed by atoms with van der Waals surface area (Å²) in [6.45, 7) is 2.53. The molecule has 0 amide bonds. The summed E-state index contributed by atoms with van der Waals surface area (Å²) in [5.41, 5.74) is 0. The largest absolute Gasteiger partial charge is 0.300 e. The van der Waals surface area contributed by atoms with Crippen LogP contribution >= 0.6 is 0 Å². The summed E-state index contributed by atoms with van der Waals surface area (Å²) in [5, 5.41) is 0. The lowest BCUT2D eigenvalue weighted by Crippen LogP contribution is -2.17. The molecule has 3 heteroatoms. The van der Waals surface area contributed by atoms with Gasteiger partial charge in [0.15, 0.2) is 0 Å². The van der Waals surface area contributed by atoms with Crippen molar-refractivity contribution in [1.29, 1.82) is 0 Å². The molecule has 0 aliphatic rings. The molecule has 0 fully saturated rings. The summed E-state index contributed by atoms with van der Waals surface area (Å²) in [4.78, 5) is 10.1. The van der Waals surface area contributed by atoms with Crippen molar-refractivity contribution in [2.75, 3.05) is 0 Å². The van der Waals surface area contributed by atoms with Gasteiger partial charge in [0.2, 0.25) is 0 Å². The Bertz CT molecular complexity index is 110. The Kier molecular flexibility index (Phi) is 2.74. The van der Waals surface area contributed by atoms with Crippen molar-refractivity contribution in [3.63, 3.8) is 0 Å². The molecule has 1 nitrogen and oxygen atoms in total. The van der Waals surface area contributed by atoms with Crippen LogP contribution in [0.15, 0.2) is 0 Å². The number of hydrogen-bond donors (Lipinski definition) is 0. The predicted octanol–water partition coefficient (Wildman–Crippen LogP) is 2.01. The van der Waals surface area contributed by atoms with Crippen molar-refractivity contribution in [2.45, 2.75) is 32.6 Å². The van der Waals surface area contributed by atoms with E-state index in [1.807, 2.05) is 0 Å². The number of alkyl halides is 2. The summed E-state index contributed by atoms with van der Waals surface area (Å²) < 4.78 is 24.4. The van der Waals surface area contributed by atoms with Crippen molar-refractivity contribution in [3.8, 4) is 0 Å². The number of halogens is 2. The van der Waals surface area contributed by atoms with E-state index in [1.165, 1.54) is 13.8 Å². The van der Waals surface area contributed by atoms with Crippen molar-refractivity contribution >= 4 is 5.78 Å². The fourth-order valence-corrected chi connectivity index (χ4v) is 0.489. The van der Waals surface area contributed by atoms with E-state index in [0.29, 0.717) is 0 Å². The fourth-order valence-electron chi connectivity index (χ4n) is 0.489. The van der Waals surface area contributed by atoms with Gasteiger partial charge in [-0.1, -0.05) is 6.92 Å². The van der Waals surface area contributed by atoms with Gasteiger partial charge in [0.1, 0.15) is 5.78 Å². The Morgan fingerprint density at radius 3 is 2.11 bits per heavy atom. The molecule has 0 saturated heterocycles. The number of Topliss-reactive ketones (excluding diaryl/α,β-unsaturated/α-hetero) is 1. The molecule has 0 aliphatic carbocycles. The molecule has 0 aromatic heterocycles. The van der Waals surface area contributed by atoms with Crippen molar-refractivity contribution < 1.29 is 13.6 Å². The second-order valence-corrected chi connectivity index (χ2v) is 2.09. The molecule has 0 rings (SSSR count). The third-order valence-corrected chi connectivity index (χ3v) is 1.02. The smallest absolute Gasteiger partial charge is 0.254 e. The summed E-state index contributed by atoms with van der Waals surface area (Å²) in [6, 6.07) is 0. The maximum absolute atomic E-state index is 12.2. The zero-order chi connectivity index (χ0) is 7.49. The normalized spacial score (nSPS) is 11.6. The van der Waals surface area contributed by atoms with Crippen LogP contribution in [0.4, 0.5) is 8.78 Å². The first kappa shape index (κ1) is 8.53. The third kappa shape index (κ3) is 4.06. The van der Waals surface area contributed by atoms with Crippen molar-refractivity contribution in [3.05, 3.63) is 0 Å². The molecule has 0 unspecified atom stereocenters. The topological polar surface area (TPSA) is 17.1 Å². The van der Waals surface area contributed by atoms with E-state index in [0.717, 1.165) is 0 Å². The van der Waals surface area contributed by atoms with Crippen LogP contribution in [-0.2, 0) is 4.79 Å². The predicted molar refractivity (Wildman–Crippen MR) is 30.5 cm³/mol. The van der Waals surface area contributed by atoms with E-state index in [9.17, 15) is 13.6 Å². The molecular formula is C6H10F2O. The van der Waals surface area contributed by atoms with Gasteiger partial charge in [-0.2, -0.15) is 0 Å². The van der Waals surface area contributed by atoms with Crippen LogP contribution in [0.2, 0.25) is 0 Å². The van der Waals surface area contributed by atoms with Gasteiger partial charge in [0, 0.05) is 6.42 Å². The van der Waals surface area contributed by atoms with Crippen LogP contribution < -0.4 is 0 Å². The van der Waals surface area contributed by atoms with Gasteiger partial charge in [0.25, 0.3) is 5.92 Å². The van der Waals surface area contributed by atoms with E-state index < -0.39 is 18.1 Å². The van der Waals surface area contributed by atoms with Crippen LogP contribution in [0.1, 0.15) is 26.7 Å². The first-order valence-corrected chi connectivity index (χ1v) is 2.85. The maximum Gasteiger partial charge on any atom is 0.254 e. The highest BCUT2D eigenvalue weighted by Crippen LogP contribution is 2.21. The van der Waals surface area contributed by atoms with E-state index >= 15 is 0 Å². The molecule has 0 aromatic carbocycles. The number of rotatable bonds is 3. The highest BCUT2D eigenvalue weighted by Gasteiger charge is 2.27. The standard InChI is InChI=1S/C6H10F2O/c1-3-6(7,8)4-5(2)9/h3-4H2,1-2H3. The Hall–Kier alpha value is -0.470. The zero-order valence-corrected chi connectivity index (χ0v) is 5.58. The number of carbonyl (C=O) groups excluding carboxylic acids is 1. The molecule has 0 atom stereocenters. The zero-order valence-electron chi connectivity index (χ0n) is 5.58. The lowest BCUT2D eigenvalue weighted by atomic mass is 10.1. The highest BCUT2D eigenvalue weighted by atomic mass is 19.3. The summed E-state index contributed by atoms with van der Waals surface area (Å²) >= 11 is 0. The van der Waals surface area contributed by atoms with Crippen molar-refractivity contribution in [1.82, 2.24) is 0 Å². The molecular weight excluding hydrogens is 126 g/mol. The number of carbonyl (C=O) groups is 1. The molecule has 0 bridgehead atoms. The minimum absolute atomic E-state index is 0.257. The van der Waals surface area contributed by atoms with E-state index in [4.69, 9.17) is 0 Å². The van der Waals surface area contributed by atoms with Crippen LogP contribution in [0.3, 0.4) is 0 Å². The quantitative estimate of drug-likeness (QED) is 0.580. The maximum atomic E-state index is 12.2. The second kappa shape index (κ2) is 2.90. The molecule has 0 aliphatic heterocycles. The van der Waals surface area contributed by atoms with E-state index in [2.05, 4.69) is 0 Å². The highest BCUT2D eigenvalue weighted by molar-refractivity contribution is 5.76. The van der Waals surface area contributed by atoms with Crippen LogP contribution in [0.5, 0.6) is 0 Å². The third-order valence-electron chi connectivity index (χ3n) is 1.02. The average molecular weight is 136 g/mol. The first-order chi connectivity index (χ1) is 3.98.